The predicted octanol–water partition coefficient (Wildman–Crippen LogP) is 4.26. The Morgan fingerprint density at radius 1 is 1.00 bits per heavy atom. The molecular formula is C22H25ClN2O3S. The second kappa shape index (κ2) is 8.46. The molecule has 0 bridgehead atoms. The Bertz CT molecular complexity index is 1010. The summed E-state index contributed by atoms with van der Waals surface area (Å²) < 4.78 is 27.7. The zero-order valence-corrected chi connectivity index (χ0v) is 17.8. The number of sulfonamides is 1. The van der Waals surface area contributed by atoms with E-state index in [0.717, 1.165) is 24.8 Å². The van der Waals surface area contributed by atoms with Gasteiger partial charge in [0.2, 0.25) is 15.9 Å². The fourth-order valence-electron chi connectivity index (χ4n) is 4.18. The maximum absolute atomic E-state index is 13.1. The topological polar surface area (TPSA) is 66.5 Å². The lowest BCUT2D eigenvalue weighted by Crippen LogP contribution is -2.41. The minimum Gasteiger partial charge on any atom is -0.325 e. The molecule has 1 aliphatic carbocycles. The SMILES string of the molecule is O=C(Nc1ccccc1Cl)C1CCN(S(=O)(=O)c2ccc3c(c2)CCCC3)CC1. The molecule has 0 unspecified atom stereocenters. The summed E-state index contributed by atoms with van der Waals surface area (Å²) in [5.74, 6) is -0.329. The van der Waals surface area contributed by atoms with Crippen molar-refractivity contribution in [3.8, 4) is 0 Å². The van der Waals surface area contributed by atoms with Crippen molar-refractivity contribution in [3.05, 3.63) is 58.6 Å². The Balaban J connectivity index is 1.41. The van der Waals surface area contributed by atoms with Gasteiger partial charge in [-0.15, -0.1) is 0 Å². The first kappa shape index (κ1) is 20.4. The van der Waals surface area contributed by atoms with Crippen LogP contribution in [-0.4, -0.2) is 31.7 Å². The third-order valence-electron chi connectivity index (χ3n) is 5.91. The van der Waals surface area contributed by atoms with Crippen LogP contribution >= 0.6 is 11.6 Å². The second-order valence-corrected chi connectivity index (χ2v) is 10.1. The number of piperidine rings is 1. The van der Waals surface area contributed by atoms with Gasteiger partial charge in [-0.2, -0.15) is 4.31 Å². The van der Waals surface area contributed by atoms with Crippen molar-refractivity contribution in [3.63, 3.8) is 0 Å². The number of halogens is 1. The Labute approximate surface area is 177 Å². The third-order valence-corrected chi connectivity index (χ3v) is 8.14. The first-order chi connectivity index (χ1) is 13.9. The van der Waals surface area contributed by atoms with Crippen LogP contribution in [0.25, 0.3) is 0 Å². The van der Waals surface area contributed by atoms with E-state index < -0.39 is 10.0 Å². The molecule has 5 nitrogen and oxygen atoms in total. The number of hydrogen-bond acceptors (Lipinski definition) is 3. The molecule has 2 aromatic carbocycles. The highest BCUT2D eigenvalue weighted by Gasteiger charge is 2.32. The first-order valence-electron chi connectivity index (χ1n) is 10.1. The maximum atomic E-state index is 13.1. The lowest BCUT2D eigenvalue weighted by atomic mass is 9.92. The smallest absolute Gasteiger partial charge is 0.243 e. The Morgan fingerprint density at radius 2 is 1.69 bits per heavy atom. The molecule has 154 valence electrons. The number of hydrogen-bond donors (Lipinski definition) is 1. The molecule has 4 rings (SSSR count). The number of aryl methyl sites for hydroxylation is 2. The summed E-state index contributed by atoms with van der Waals surface area (Å²) in [5.41, 5.74) is 3.01. The zero-order chi connectivity index (χ0) is 20.4. The van der Waals surface area contributed by atoms with Gasteiger partial charge in [-0.1, -0.05) is 29.8 Å². The maximum Gasteiger partial charge on any atom is 0.243 e. The molecule has 1 amide bonds. The van der Waals surface area contributed by atoms with Crippen LogP contribution in [0.2, 0.25) is 5.02 Å². The number of carbonyl (C=O) groups is 1. The average molecular weight is 433 g/mol. The van der Waals surface area contributed by atoms with Crippen molar-refractivity contribution >= 4 is 33.2 Å². The number of para-hydroxylation sites is 1. The zero-order valence-electron chi connectivity index (χ0n) is 16.2. The number of fused-ring (bicyclic) bond motifs is 1. The van der Waals surface area contributed by atoms with Crippen LogP contribution in [0, 0.1) is 5.92 Å². The molecule has 0 aromatic heterocycles. The number of rotatable bonds is 4. The molecule has 2 aliphatic rings. The van der Waals surface area contributed by atoms with E-state index in [4.69, 9.17) is 11.6 Å². The predicted molar refractivity (Wildman–Crippen MR) is 115 cm³/mol. The van der Waals surface area contributed by atoms with Crippen LogP contribution in [0.5, 0.6) is 0 Å². The van der Waals surface area contributed by atoms with Crippen LogP contribution in [0.1, 0.15) is 36.8 Å². The van der Waals surface area contributed by atoms with E-state index in [0.29, 0.717) is 41.5 Å². The average Bonchev–Trinajstić information content (AvgIpc) is 2.75. The van der Waals surface area contributed by atoms with Crippen molar-refractivity contribution in [2.45, 2.75) is 43.4 Å². The molecule has 0 atom stereocenters. The molecule has 1 saturated heterocycles. The van der Waals surface area contributed by atoms with E-state index in [1.807, 2.05) is 24.3 Å². The molecule has 1 N–H and O–H groups in total. The summed E-state index contributed by atoms with van der Waals surface area (Å²) in [5, 5.41) is 3.35. The van der Waals surface area contributed by atoms with Gasteiger partial charge in [0, 0.05) is 19.0 Å². The number of nitrogens with one attached hydrogen (secondary N) is 1. The van der Waals surface area contributed by atoms with Gasteiger partial charge < -0.3 is 5.32 Å². The van der Waals surface area contributed by atoms with Gasteiger partial charge in [0.05, 0.1) is 15.6 Å². The first-order valence-corrected chi connectivity index (χ1v) is 11.9. The van der Waals surface area contributed by atoms with Crippen molar-refractivity contribution in [1.82, 2.24) is 4.31 Å². The highest BCUT2D eigenvalue weighted by Crippen LogP contribution is 2.29. The molecule has 1 aliphatic heterocycles. The van der Waals surface area contributed by atoms with Crippen LogP contribution in [-0.2, 0) is 27.7 Å². The quantitative estimate of drug-likeness (QED) is 0.784. The Kier molecular flexibility index (Phi) is 5.95. The van der Waals surface area contributed by atoms with Gasteiger partial charge in [-0.25, -0.2) is 8.42 Å². The second-order valence-electron chi connectivity index (χ2n) is 7.79. The van der Waals surface area contributed by atoms with E-state index in [2.05, 4.69) is 5.32 Å². The summed E-state index contributed by atoms with van der Waals surface area (Å²) in [4.78, 5) is 12.9. The minimum atomic E-state index is -3.53. The Hall–Kier alpha value is -1.89. The van der Waals surface area contributed by atoms with Gasteiger partial charge in [0.15, 0.2) is 0 Å². The molecule has 0 spiro atoms. The molecule has 29 heavy (non-hydrogen) atoms. The largest absolute Gasteiger partial charge is 0.325 e. The molecule has 2 aromatic rings. The summed E-state index contributed by atoms with van der Waals surface area (Å²) in [7, 11) is -3.53. The molecule has 0 radical (unpaired) electrons. The molecular weight excluding hydrogens is 408 g/mol. The minimum absolute atomic E-state index is 0.107. The number of benzene rings is 2. The van der Waals surface area contributed by atoms with Crippen molar-refractivity contribution < 1.29 is 13.2 Å². The standard InChI is InChI=1S/C22H25ClN2O3S/c23-20-7-3-4-8-21(20)24-22(26)17-11-13-25(14-12-17)29(27,28)19-10-9-16-5-1-2-6-18(16)15-19/h3-4,7-10,15,17H,1-2,5-6,11-14H2,(H,24,26). The molecule has 7 heteroatoms. The summed E-state index contributed by atoms with van der Waals surface area (Å²) in [6.07, 6.45) is 5.26. The van der Waals surface area contributed by atoms with E-state index in [1.54, 1.807) is 18.2 Å². The van der Waals surface area contributed by atoms with Crippen LogP contribution < -0.4 is 5.32 Å². The lowest BCUT2D eigenvalue weighted by molar-refractivity contribution is -0.120. The highest BCUT2D eigenvalue weighted by atomic mass is 35.5. The van der Waals surface area contributed by atoms with Crippen LogP contribution in [0.4, 0.5) is 5.69 Å². The van der Waals surface area contributed by atoms with Gasteiger partial charge in [0.25, 0.3) is 0 Å². The van der Waals surface area contributed by atoms with Gasteiger partial charge in [-0.3, -0.25) is 4.79 Å². The third kappa shape index (κ3) is 4.34. The normalized spacial score (nSPS) is 18.2. The summed E-state index contributed by atoms with van der Waals surface area (Å²) in [6.45, 7) is 0.694. The fraction of sp³-hybridized carbons (Fsp3) is 0.409. The highest BCUT2D eigenvalue weighted by molar-refractivity contribution is 7.89. The van der Waals surface area contributed by atoms with Gasteiger partial charge in [0.1, 0.15) is 0 Å². The van der Waals surface area contributed by atoms with Gasteiger partial charge >= 0.3 is 0 Å². The van der Waals surface area contributed by atoms with Gasteiger partial charge in [-0.05, 0) is 73.9 Å². The lowest BCUT2D eigenvalue weighted by Gasteiger charge is -2.31. The molecule has 1 heterocycles. The number of carbonyl (C=O) groups excluding carboxylic acids is 1. The van der Waals surface area contributed by atoms with Crippen molar-refractivity contribution in [2.24, 2.45) is 5.92 Å². The fourth-order valence-corrected chi connectivity index (χ4v) is 5.88. The number of amides is 1. The molecule has 1 fully saturated rings. The number of nitrogens with zero attached hydrogens (tertiary/aromatic N) is 1. The van der Waals surface area contributed by atoms with E-state index in [1.165, 1.54) is 16.3 Å². The monoisotopic (exact) mass is 432 g/mol. The van der Waals surface area contributed by atoms with Crippen molar-refractivity contribution in [1.29, 1.82) is 0 Å². The molecule has 0 saturated carbocycles. The van der Waals surface area contributed by atoms with Crippen molar-refractivity contribution in [2.75, 3.05) is 18.4 Å². The number of anilines is 1. The van der Waals surface area contributed by atoms with Crippen LogP contribution in [0.15, 0.2) is 47.4 Å². The van der Waals surface area contributed by atoms with E-state index in [9.17, 15) is 13.2 Å². The van der Waals surface area contributed by atoms with E-state index >= 15 is 0 Å². The Morgan fingerprint density at radius 3 is 2.41 bits per heavy atom. The van der Waals surface area contributed by atoms with Crippen LogP contribution in [0.3, 0.4) is 0 Å². The summed E-state index contributed by atoms with van der Waals surface area (Å²) >= 11 is 6.11. The van der Waals surface area contributed by atoms with E-state index in [-0.39, 0.29) is 11.8 Å². The summed E-state index contributed by atoms with van der Waals surface area (Å²) in [6, 6.07) is 12.7.